The molecule has 0 saturated carbocycles. The number of hydrogen-bond acceptors (Lipinski definition) is 0. The molecule has 0 atom stereocenters. The molecule has 0 amide bonds. The van der Waals surface area contributed by atoms with Crippen LogP contribution in [0.1, 0.15) is 12.8 Å². The van der Waals surface area contributed by atoms with E-state index in [-0.39, 0.29) is 0 Å². The van der Waals surface area contributed by atoms with Crippen LogP contribution in [-0.2, 0) is 0 Å². The molecule has 7 heavy (non-hydrogen) atoms. The molecule has 0 unspecified atom stereocenters. The summed E-state index contributed by atoms with van der Waals surface area (Å²) in [4.78, 5) is 0. The molecule has 1 heterocycles. The molecule has 1 N–H and O–H groups in total. The van der Waals surface area contributed by atoms with Gasteiger partial charge >= 0.3 is 5.90 Å². The van der Waals surface area contributed by atoms with E-state index in [0.29, 0.717) is 5.90 Å². The molecule has 0 fully saturated rings. The van der Waals surface area contributed by atoms with Crippen molar-refractivity contribution in [3.05, 3.63) is 0 Å². The Hall–Kier alpha value is -0.530. The average Bonchev–Trinajstić information content (AvgIpc) is 1.91. The summed E-state index contributed by atoms with van der Waals surface area (Å²) in [6.07, 6.45) is 1.98. The first-order valence-electron chi connectivity index (χ1n) is 2.56. The second-order valence-electron chi connectivity index (χ2n) is 1.94. The molecule has 1 aliphatic heterocycles. The van der Waals surface area contributed by atoms with E-state index in [0.717, 1.165) is 19.4 Å². The number of aliphatic hydroxyl groups is 1. The van der Waals surface area contributed by atoms with E-state index in [4.69, 9.17) is 5.11 Å². The number of aliphatic hydroxyl groups excluding tert-OH is 1. The monoisotopic (exact) mass is 100 g/mol. The molecule has 2 nitrogen and oxygen atoms in total. The standard InChI is InChI=1S/C5H9NO/c1-6-4-2-3-5(6)7/h2-4H2,1H3/p+1. The zero-order valence-corrected chi connectivity index (χ0v) is 4.52. The lowest BCUT2D eigenvalue weighted by atomic mass is 10.4. The van der Waals surface area contributed by atoms with Crippen molar-refractivity contribution in [2.45, 2.75) is 12.8 Å². The molecule has 0 saturated heterocycles. The van der Waals surface area contributed by atoms with Crippen LogP contribution < -0.4 is 0 Å². The summed E-state index contributed by atoms with van der Waals surface area (Å²) in [5.74, 6) is 0.542. The fourth-order valence-electron chi connectivity index (χ4n) is 0.794. The normalized spacial score (nSPS) is 21.3. The molecule has 0 aromatic carbocycles. The molecule has 1 rings (SSSR count). The van der Waals surface area contributed by atoms with Gasteiger partial charge < -0.3 is 5.11 Å². The van der Waals surface area contributed by atoms with E-state index in [1.807, 2.05) is 11.6 Å². The zero-order valence-electron chi connectivity index (χ0n) is 4.52. The Labute approximate surface area is 43.1 Å². The van der Waals surface area contributed by atoms with E-state index >= 15 is 0 Å². The first-order valence-corrected chi connectivity index (χ1v) is 2.56. The molecule has 0 aliphatic carbocycles. The third kappa shape index (κ3) is 0.734. The molecule has 0 aromatic heterocycles. The third-order valence-corrected chi connectivity index (χ3v) is 1.33. The van der Waals surface area contributed by atoms with Crippen LogP contribution in [0, 0.1) is 0 Å². The van der Waals surface area contributed by atoms with Gasteiger partial charge in [-0.15, -0.1) is 0 Å². The van der Waals surface area contributed by atoms with E-state index in [2.05, 4.69) is 0 Å². The lowest BCUT2D eigenvalue weighted by molar-refractivity contribution is -0.496. The molecule has 0 bridgehead atoms. The van der Waals surface area contributed by atoms with Crippen molar-refractivity contribution >= 4 is 5.90 Å². The van der Waals surface area contributed by atoms with Crippen LogP contribution in [-0.4, -0.2) is 29.2 Å². The molecule has 2 heteroatoms. The van der Waals surface area contributed by atoms with Gasteiger partial charge in [-0.1, -0.05) is 0 Å². The van der Waals surface area contributed by atoms with Crippen molar-refractivity contribution in [3.63, 3.8) is 0 Å². The molecular weight excluding hydrogens is 90.1 g/mol. The van der Waals surface area contributed by atoms with E-state index < -0.39 is 0 Å². The highest BCUT2D eigenvalue weighted by molar-refractivity contribution is 5.69. The topological polar surface area (TPSA) is 23.2 Å². The van der Waals surface area contributed by atoms with Gasteiger partial charge in [0.15, 0.2) is 0 Å². The van der Waals surface area contributed by atoms with Crippen LogP contribution in [0.2, 0.25) is 0 Å². The van der Waals surface area contributed by atoms with Gasteiger partial charge in [-0.2, -0.15) is 0 Å². The van der Waals surface area contributed by atoms with Crippen molar-refractivity contribution in [2.75, 3.05) is 13.6 Å². The van der Waals surface area contributed by atoms with Crippen LogP contribution in [0.15, 0.2) is 0 Å². The Morgan fingerprint density at radius 3 is 2.57 bits per heavy atom. The van der Waals surface area contributed by atoms with Crippen molar-refractivity contribution in [2.24, 2.45) is 0 Å². The highest BCUT2D eigenvalue weighted by Gasteiger charge is 2.15. The smallest absolute Gasteiger partial charge is 0.333 e. The molecule has 40 valence electrons. The van der Waals surface area contributed by atoms with E-state index in [1.165, 1.54) is 0 Å². The SMILES string of the molecule is C[N+]1=C(O)CCC1. The first-order chi connectivity index (χ1) is 3.30. The number of rotatable bonds is 0. The van der Waals surface area contributed by atoms with Gasteiger partial charge in [0.2, 0.25) is 0 Å². The lowest BCUT2D eigenvalue weighted by Gasteiger charge is -1.81. The Kier molecular flexibility index (Phi) is 1.01. The van der Waals surface area contributed by atoms with Crippen molar-refractivity contribution in [1.29, 1.82) is 0 Å². The largest absolute Gasteiger partial charge is 0.464 e. The first kappa shape index (κ1) is 4.62. The lowest BCUT2D eigenvalue weighted by Crippen LogP contribution is -2.07. The summed E-state index contributed by atoms with van der Waals surface area (Å²) in [6, 6.07) is 0. The quantitative estimate of drug-likeness (QED) is 0.437. The molecule has 0 radical (unpaired) electrons. The highest BCUT2D eigenvalue weighted by atomic mass is 16.3. The minimum Gasteiger partial charge on any atom is -0.464 e. The Morgan fingerprint density at radius 2 is 2.43 bits per heavy atom. The second-order valence-corrected chi connectivity index (χ2v) is 1.94. The second kappa shape index (κ2) is 1.52. The summed E-state index contributed by atoms with van der Waals surface area (Å²) in [5, 5.41) is 8.84. The van der Waals surface area contributed by atoms with Gasteiger partial charge in [0.05, 0.1) is 6.42 Å². The van der Waals surface area contributed by atoms with Crippen molar-refractivity contribution in [3.8, 4) is 0 Å². The number of hydrogen-bond donors (Lipinski definition) is 1. The van der Waals surface area contributed by atoms with Gasteiger partial charge in [0, 0.05) is 6.42 Å². The van der Waals surface area contributed by atoms with Crippen LogP contribution in [0.25, 0.3) is 0 Å². The predicted molar refractivity (Wildman–Crippen MR) is 27.9 cm³/mol. The molecule has 0 spiro atoms. The Balaban J connectivity index is 2.64. The van der Waals surface area contributed by atoms with E-state index in [9.17, 15) is 0 Å². The third-order valence-electron chi connectivity index (χ3n) is 1.33. The minimum atomic E-state index is 0.542. The van der Waals surface area contributed by atoms with Crippen LogP contribution in [0.3, 0.4) is 0 Å². The fraction of sp³-hybridized carbons (Fsp3) is 0.800. The maximum Gasteiger partial charge on any atom is 0.333 e. The van der Waals surface area contributed by atoms with E-state index in [1.54, 1.807) is 0 Å². The molecule has 1 aliphatic rings. The maximum absolute atomic E-state index is 8.84. The summed E-state index contributed by atoms with van der Waals surface area (Å²) in [6.45, 7) is 1.02. The summed E-state index contributed by atoms with van der Waals surface area (Å²) >= 11 is 0. The summed E-state index contributed by atoms with van der Waals surface area (Å²) in [5.41, 5.74) is 0. The van der Waals surface area contributed by atoms with Crippen LogP contribution in [0.5, 0.6) is 0 Å². The predicted octanol–water partition coefficient (Wildman–Crippen LogP) is 0.379. The van der Waals surface area contributed by atoms with Crippen LogP contribution in [0.4, 0.5) is 0 Å². The minimum absolute atomic E-state index is 0.542. The summed E-state index contributed by atoms with van der Waals surface area (Å²) in [7, 11) is 1.91. The van der Waals surface area contributed by atoms with Gasteiger partial charge in [-0.05, 0) is 0 Å². The Morgan fingerprint density at radius 1 is 1.71 bits per heavy atom. The van der Waals surface area contributed by atoms with Gasteiger partial charge in [0.25, 0.3) is 0 Å². The van der Waals surface area contributed by atoms with Crippen molar-refractivity contribution in [1.82, 2.24) is 0 Å². The molecular formula is C5H10NO+. The summed E-state index contributed by atoms with van der Waals surface area (Å²) < 4.78 is 1.88. The fourth-order valence-corrected chi connectivity index (χ4v) is 0.794. The van der Waals surface area contributed by atoms with Gasteiger partial charge in [-0.25, -0.2) is 4.58 Å². The van der Waals surface area contributed by atoms with Crippen molar-refractivity contribution < 1.29 is 9.68 Å². The number of nitrogens with zero attached hydrogens (tertiary/aromatic N) is 1. The Bertz CT molecular complexity index is 94.6. The maximum atomic E-state index is 8.84. The van der Waals surface area contributed by atoms with Gasteiger partial charge in [0.1, 0.15) is 13.6 Å². The average molecular weight is 100 g/mol. The zero-order chi connectivity index (χ0) is 5.28. The highest BCUT2D eigenvalue weighted by Crippen LogP contribution is 1.98. The van der Waals surface area contributed by atoms with Gasteiger partial charge in [-0.3, -0.25) is 0 Å². The van der Waals surface area contributed by atoms with Crippen LogP contribution >= 0.6 is 0 Å². The molecule has 0 aromatic rings.